The lowest BCUT2D eigenvalue weighted by Gasteiger charge is -2.24. The van der Waals surface area contributed by atoms with Gasteiger partial charge in [-0.05, 0) is 32.1 Å². The highest BCUT2D eigenvalue weighted by atomic mass is 14.9. The Labute approximate surface area is 97.0 Å². The Morgan fingerprint density at radius 2 is 1.67 bits per heavy atom. The third-order valence-corrected chi connectivity index (χ3v) is 3.37. The van der Waals surface area contributed by atoms with Crippen LogP contribution in [0.25, 0.3) is 0 Å². The molecule has 0 aliphatic carbocycles. The highest BCUT2D eigenvalue weighted by Gasteiger charge is 2.11. The summed E-state index contributed by atoms with van der Waals surface area (Å²) in [5, 5.41) is 3.77. The molecular weight excluding hydrogens is 182 g/mol. The first kappa shape index (κ1) is 15.0. The normalized spacial score (nSPS) is 17.4. The molecule has 0 aromatic carbocycles. The van der Waals surface area contributed by atoms with E-state index in [1.807, 2.05) is 0 Å². The molecule has 3 unspecified atom stereocenters. The zero-order valence-corrected chi connectivity index (χ0v) is 11.5. The van der Waals surface area contributed by atoms with Crippen molar-refractivity contribution in [3.8, 4) is 0 Å². The topological polar surface area (TPSA) is 12.0 Å². The van der Waals surface area contributed by atoms with Crippen LogP contribution in [-0.2, 0) is 0 Å². The minimum absolute atomic E-state index is 0.682. The van der Waals surface area contributed by atoms with Gasteiger partial charge in [0.05, 0.1) is 0 Å². The molecule has 0 aromatic heterocycles. The molecule has 3 atom stereocenters. The van der Waals surface area contributed by atoms with Crippen LogP contribution in [0.1, 0.15) is 73.1 Å². The fraction of sp³-hybridized carbons (Fsp3) is 1.00. The Hall–Kier alpha value is -0.0400. The summed E-state index contributed by atoms with van der Waals surface area (Å²) in [6.45, 7) is 11.5. The summed E-state index contributed by atoms with van der Waals surface area (Å²) in [5.41, 5.74) is 0. The van der Waals surface area contributed by atoms with Crippen molar-refractivity contribution >= 4 is 0 Å². The quantitative estimate of drug-likeness (QED) is 0.600. The van der Waals surface area contributed by atoms with E-state index in [1.54, 1.807) is 0 Å². The monoisotopic (exact) mass is 213 g/mol. The molecule has 1 nitrogen and oxygen atoms in total. The zero-order valence-electron chi connectivity index (χ0n) is 11.5. The van der Waals surface area contributed by atoms with Crippen molar-refractivity contribution in [2.45, 2.75) is 85.2 Å². The van der Waals surface area contributed by atoms with Gasteiger partial charge >= 0.3 is 0 Å². The van der Waals surface area contributed by atoms with Gasteiger partial charge in [0.15, 0.2) is 0 Å². The molecule has 0 aliphatic rings. The lowest BCUT2D eigenvalue weighted by Crippen LogP contribution is -2.37. The van der Waals surface area contributed by atoms with Gasteiger partial charge < -0.3 is 5.32 Å². The van der Waals surface area contributed by atoms with E-state index in [1.165, 1.54) is 38.5 Å². The average molecular weight is 213 g/mol. The van der Waals surface area contributed by atoms with Gasteiger partial charge in [0.1, 0.15) is 0 Å². The predicted octanol–water partition coefficient (Wildman–Crippen LogP) is 4.37. The van der Waals surface area contributed by atoms with E-state index in [-0.39, 0.29) is 0 Å². The maximum Gasteiger partial charge on any atom is 0.00669 e. The van der Waals surface area contributed by atoms with Gasteiger partial charge in [-0.15, -0.1) is 0 Å². The number of unbranched alkanes of at least 4 members (excludes halogenated alkanes) is 1. The van der Waals surface area contributed by atoms with Crippen molar-refractivity contribution in [1.29, 1.82) is 0 Å². The predicted molar refractivity (Wildman–Crippen MR) is 70.3 cm³/mol. The lowest BCUT2D eigenvalue weighted by atomic mass is 9.98. The standard InChI is InChI=1S/C14H31N/c1-6-9-10-14(8-3)15-13(5)11-12(4)7-2/h12-15H,6-11H2,1-5H3. The summed E-state index contributed by atoms with van der Waals surface area (Å²) in [6.07, 6.45) is 7.92. The van der Waals surface area contributed by atoms with Gasteiger partial charge in [-0.2, -0.15) is 0 Å². The second-order valence-corrected chi connectivity index (χ2v) is 5.06. The van der Waals surface area contributed by atoms with Crippen molar-refractivity contribution in [2.24, 2.45) is 5.92 Å². The first-order valence-electron chi connectivity index (χ1n) is 6.89. The summed E-state index contributed by atoms with van der Waals surface area (Å²) in [6, 6.07) is 1.42. The molecule has 0 rings (SSSR count). The molecule has 0 heterocycles. The van der Waals surface area contributed by atoms with Crippen LogP contribution in [0.15, 0.2) is 0 Å². The van der Waals surface area contributed by atoms with Gasteiger partial charge in [-0.25, -0.2) is 0 Å². The molecule has 1 N–H and O–H groups in total. The Morgan fingerprint density at radius 1 is 1.00 bits per heavy atom. The van der Waals surface area contributed by atoms with E-state index in [2.05, 4.69) is 39.9 Å². The SMILES string of the molecule is CCCCC(CC)NC(C)CC(C)CC. The maximum atomic E-state index is 3.77. The molecule has 0 bridgehead atoms. The second kappa shape index (κ2) is 9.21. The summed E-state index contributed by atoms with van der Waals surface area (Å²) in [7, 11) is 0. The number of hydrogen-bond acceptors (Lipinski definition) is 1. The van der Waals surface area contributed by atoms with Gasteiger partial charge in [0.25, 0.3) is 0 Å². The molecule has 0 saturated carbocycles. The van der Waals surface area contributed by atoms with Crippen molar-refractivity contribution in [3.05, 3.63) is 0 Å². The van der Waals surface area contributed by atoms with E-state index in [0.29, 0.717) is 6.04 Å². The summed E-state index contributed by atoms with van der Waals surface area (Å²) < 4.78 is 0. The first-order chi connectivity index (χ1) is 7.13. The van der Waals surface area contributed by atoms with E-state index in [4.69, 9.17) is 0 Å². The maximum absolute atomic E-state index is 3.77. The molecule has 0 fully saturated rings. The molecular formula is C14H31N. The van der Waals surface area contributed by atoms with Crippen LogP contribution < -0.4 is 5.32 Å². The van der Waals surface area contributed by atoms with Crippen LogP contribution in [0.4, 0.5) is 0 Å². The molecule has 0 amide bonds. The Balaban J connectivity index is 3.74. The molecule has 0 aromatic rings. The Kier molecular flexibility index (Phi) is 9.18. The van der Waals surface area contributed by atoms with Gasteiger partial charge in [0, 0.05) is 12.1 Å². The molecule has 1 heteroatoms. The van der Waals surface area contributed by atoms with Crippen LogP contribution in [0.2, 0.25) is 0 Å². The minimum Gasteiger partial charge on any atom is -0.312 e. The third kappa shape index (κ3) is 7.84. The van der Waals surface area contributed by atoms with Gasteiger partial charge in [-0.3, -0.25) is 0 Å². The van der Waals surface area contributed by atoms with E-state index in [0.717, 1.165) is 12.0 Å². The number of hydrogen-bond donors (Lipinski definition) is 1. The lowest BCUT2D eigenvalue weighted by molar-refractivity contribution is 0.351. The van der Waals surface area contributed by atoms with Crippen molar-refractivity contribution in [3.63, 3.8) is 0 Å². The molecule has 0 spiro atoms. The van der Waals surface area contributed by atoms with E-state index >= 15 is 0 Å². The average Bonchev–Trinajstić information content (AvgIpc) is 2.23. The minimum atomic E-state index is 0.682. The summed E-state index contributed by atoms with van der Waals surface area (Å²) in [4.78, 5) is 0. The van der Waals surface area contributed by atoms with Crippen LogP contribution in [0.3, 0.4) is 0 Å². The molecule has 0 aliphatic heterocycles. The zero-order chi connectivity index (χ0) is 11.7. The van der Waals surface area contributed by atoms with Crippen LogP contribution in [0.5, 0.6) is 0 Å². The van der Waals surface area contributed by atoms with E-state index in [9.17, 15) is 0 Å². The Bertz CT molecular complexity index is 133. The van der Waals surface area contributed by atoms with Crippen molar-refractivity contribution in [2.75, 3.05) is 0 Å². The number of rotatable bonds is 9. The second-order valence-electron chi connectivity index (χ2n) is 5.06. The summed E-state index contributed by atoms with van der Waals surface area (Å²) >= 11 is 0. The third-order valence-electron chi connectivity index (χ3n) is 3.37. The van der Waals surface area contributed by atoms with Gasteiger partial charge in [0.2, 0.25) is 0 Å². The van der Waals surface area contributed by atoms with Gasteiger partial charge in [-0.1, -0.05) is 47.0 Å². The van der Waals surface area contributed by atoms with Crippen LogP contribution in [-0.4, -0.2) is 12.1 Å². The summed E-state index contributed by atoms with van der Waals surface area (Å²) in [5.74, 6) is 0.858. The fourth-order valence-electron chi connectivity index (χ4n) is 2.10. The fourth-order valence-corrected chi connectivity index (χ4v) is 2.10. The smallest absolute Gasteiger partial charge is 0.00669 e. The highest BCUT2D eigenvalue weighted by Crippen LogP contribution is 2.12. The molecule has 0 radical (unpaired) electrons. The number of nitrogens with one attached hydrogen (secondary N) is 1. The van der Waals surface area contributed by atoms with Crippen molar-refractivity contribution < 1.29 is 0 Å². The molecule has 15 heavy (non-hydrogen) atoms. The Morgan fingerprint density at radius 3 is 2.13 bits per heavy atom. The van der Waals surface area contributed by atoms with Crippen LogP contribution in [0, 0.1) is 5.92 Å². The van der Waals surface area contributed by atoms with Crippen LogP contribution >= 0.6 is 0 Å². The largest absolute Gasteiger partial charge is 0.312 e. The molecule has 92 valence electrons. The highest BCUT2D eigenvalue weighted by molar-refractivity contribution is 4.71. The van der Waals surface area contributed by atoms with E-state index < -0.39 is 0 Å². The molecule has 0 saturated heterocycles. The van der Waals surface area contributed by atoms with Crippen molar-refractivity contribution in [1.82, 2.24) is 5.32 Å². The first-order valence-corrected chi connectivity index (χ1v) is 6.89.